The number of piperazine rings is 2. The first-order chi connectivity index (χ1) is 9.15. The molecule has 102 valence electrons. The van der Waals surface area contributed by atoms with Gasteiger partial charge >= 0.3 is 0 Å². The van der Waals surface area contributed by atoms with E-state index >= 15 is 0 Å². The lowest BCUT2D eigenvalue weighted by atomic mass is 10.1. The molecule has 2 heterocycles. The third-order valence-corrected chi connectivity index (χ3v) is 4.42. The van der Waals surface area contributed by atoms with Crippen LogP contribution in [0.3, 0.4) is 0 Å². The highest BCUT2D eigenvalue weighted by atomic mass is 79.9. The summed E-state index contributed by atoms with van der Waals surface area (Å²) in [7, 11) is 0. The van der Waals surface area contributed by atoms with E-state index in [-0.39, 0.29) is 5.91 Å². The van der Waals surface area contributed by atoms with Crippen molar-refractivity contribution in [2.45, 2.75) is 13.0 Å². The van der Waals surface area contributed by atoms with Crippen LogP contribution in [-0.4, -0.2) is 49.6 Å². The summed E-state index contributed by atoms with van der Waals surface area (Å²) in [6.45, 7) is 6.17. The summed E-state index contributed by atoms with van der Waals surface area (Å²) in [4.78, 5) is 16.5. The Morgan fingerprint density at radius 2 is 2.26 bits per heavy atom. The Labute approximate surface area is 121 Å². The normalized spacial score (nSPS) is 23.5. The number of aryl methyl sites for hydroxylation is 1. The summed E-state index contributed by atoms with van der Waals surface area (Å²) in [6, 6.07) is 6.54. The summed E-state index contributed by atoms with van der Waals surface area (Å²) in [5, 5.41) is 3.37. The van der Waals surface area contributed by atoms with Crippen molar-refractivity contribution >= 4 is 27.5 Å². The van der Waals surface area contributed by atoms with Crippen LogP contribution in [0.2, 0.25) is 0 Å². The van der Waals surface area contributed by atoms with E-state index < -0.39 is 0 Å². The quantitative estimate of drug-likeness (QED) is 0.848. The highest BCUT2D eigenvalue weighted by Gasteiger charge is 2.34. The molecule has 2 fully saturated rings. The number of hydrogen-bond donors (Lipinski definition) is 1. The molecule has 1 N–H and O–H groups in total. The molecule has 19 heavy (non-hydrogen) atoms. The molecule has 1 unspecified atom stereocenters. The Kier molecular flexibility index (Phi) is 3.50. The van der Waals surface area contributed by atoms with Crippen molar-refractivity contribution in [3.05, 3.63) is 28.2 Å². The van der Waals surface area contributed by atoms with Gasteiger partial charge in [0.2, 0.25) is 5.91 Å². The van der Waals surface area contributed by atoms with Crippen molar-refractivity contribution in [3.63, 3.8) is 0 Å². The van der Waals surface area contributed by atoms with Gasteiger partial charge in [0.1, 0.15) is 0 Å². The Bertz CT molecular complexity index is 505. The van der Waals surface area contributed by atoms with Gasteiger partial charge in [0.25, 0.3) is 0 Å². The van der Waals surface area contributed by atoms with E-state index in [0.717, 1.165) is 30.7 Å². The van der Waals surface area contributed by atoms with E-state index in [0.29, 0.717) is 12.6 Å². The van der Waals surface area contributed by atoms with Gasteiger partial charge in [0.05, 0.1) is 12.6 Å². The lowest BCUT2D eigenvalue weighted by molar-refractivity contribution is -0.134. The van der Waals surface area contributed by atoms with Crippen LogP contribution in [0.5, 0.6) is 0 Å². The van der Waals surface area contributed by atoms with Gasteiger partial charge in [0.15, 0.2) is 0 Å². The molecular formula is C14H18BrN3O. The van der Waals surface area contributed by atoms with Crippen LogP contribution in [0.15, 0.2) is 22.7 Å². The fourth-order valence-corrected chi connectivity index (χ4v) is 3.46. The molecular weight excluding hydrogens is 306 g/mol. The summed E-state index contributed by atoms with van der Waals surface area (Å²) in [6.07, 6.45) is 0. The zero-order chi connectivity index (χ0) is 13.4. The smallest absolute Gasteiger partial charge is 0.242 e. The number of carbonyl (C=O) groups is 1. The van der Waals surface area contributed by atoms with Gasteiger partial charge < -0.3 is 15.1 Å². The molecule has 3 rings (SSSR count). The van der Waals surface area contributed by atoms with Crippen molar-refractivity contribution in [2.75, 3.05) is 37.6 Å². The van der Waals surface area contributed by atoms with Crippen molar-refractivity contribution in [1.82, 2.24) is 10.2 Å². The molecule has 1 aromatic rings. The van der Waals surface area contributed by atoms with E-state index in [1.807, 2.05) is 11.0 Å². The monoisotopic (exact) mass is 323 g/mol. The van der Waals surface area contributed by atoms with Gasteiger partial charge in [-0.25, -0.2) is 0 Å². The lowest BCUT2D eigenvalue weighted by Gasteiger charge is -2.45. The maximum Gasteiger partial charge on any atom is 0.242 e. The van der Waals surface area contributed by atoms with E-state index in [4.69, 9.17) is 0 Å². The fraction of sp³-hybridized carbons (Fsp3) is 0.500. The van der Waals surface area contributed by atoms with Crippen molar-refractivity contribution in [1.29, 1.82) is 0 Å². The third-order valence-electron chi connectivity index (χ3n) is 3.93. The number of carbonyl (C=O) groups excluding carboxylic acids is 1. The van der Waals surface area contributed by atoms with E-state index in [9.17, 15) is 4.79 Å². The van der Waals surface area contributed by atoms with Crippen LogP contribution in [0, 0.1) is 6.92 Å². The zero-order valence-electron chi connectivity index (χ0n) is 11.0. The molecule has 2 aliphatic heterocycles. The van der Waals surface area contributed by atoms with Gasteiger partial charge in [-0.3, -0.25) is 4.79 Å². The van der Waals surface area contributed by atoms with Gasteiger partial charge in [0, 0.05) is 36.3 Å². The maximum absolute atomic E-state index is 12.2. The summed E-state index contributed by atoms with van der Waals surface area (Å²) in [5.74, 6) is 0.250. The van der Waals surface area contributed by atoms with Gasteiger partial charge in [-0.1, -0.05) is 15.9 Å². The molecule has 4 nitrogen and oxygen atoms in total. The van der Waals surface area contributed by atoms with Crippen molar-refractivity contribution < 1.29 is 4.79 Å². The average Bonchev–Trinajstić information content (AvgIpc) is 2.38. The predicted octanol–water partition coefficient (Wildman–Crippen LogP) is 1.38. The van der Waals surface area contributed by atoms with Gasteiger partial charge in [-0.05, 0) is 30.7 Å². The number of hydrogen-bond acceptors (Lipinski definition) is 3. The molecule has 0 bridgehead atoms. The Hall–Kier alpha value is -1.07. The molecule has 2 aliphatic rings. The molecule has 2 saturated heterocycles. The maximum atomic E-state index is 12.2. The molecule has 5 heteroatoms. The van der Waals surface area contributed by atoms with Gasteiger partial charge in [-0.2, -0.15) is 0 Å². The standard InChI is InChI=1S/C14H18BrN3O/c1-10-6-11(15)2-3-13(10)17-8-12-7-16-4-5-18(12)14(19)9-17/h2-3,6,12,16H,4-5,7-9H2,1H3. The molecule has 0 radical (unpaired) electrons. The minimum absolute atomic E-state index is 0.250. The lowest BCUT2D eigenvalue weighted by Crippen LogP contribution is -2.63. The van der Waals surface area contributed by atoms with Crippen LogP contribution < -0.4 is 10.2 Å². The first-order valence-corrected chi connectivity index (χ1v) is 7.46. The van der Waals surface area contributed by atoms with E-state index in [1.54, 1.807) is 0 Å². The Morgan fingerprint density at radius 3 is 3.05 bits per heavy atom. The SMILES string of the molecule is Cc1cc(Br)ccc1N1CC(=O)N2CCNCC2C1. The molecule has 0 aliphatic carbocycles. The summed E-state index contributed by atoms with van der Waals surface area (Å²) >= 11 is 3.48. The van der Waals surface area contributed by atoms with Crippen LogP contribution >= 0.6 is 15.9 Å². The average molecular weight is 324 g/mol. The minimum atomic E-state index is 0.250. The number of halogens is 1. The highest BCUT2D eigenvalue weighted by Crippen LogP contribution is 2.26. The first kappa shape index (κ1) is 12.9. The minimum Gasteiger partial charge on any atom is -0.360 e. The number of nitrogens with one attached hydrogen (secondary N) is 1. The van der Waals surface area contributed by atoms with Crippen molar-refractivity contribution in [3.8, 4) is 0 Å². The van der Waals surface area contributed by atoms with E-state index in [2.05, 4.69) is 45.2 Å². The van der Waals surface area contributed by atoms with Crippen LogP contribution in [0.4, 0.5) is 5.69 Å². The topological polar surface area (TPSA) is 35.6 Å². The Morgan fingerprint density at radius 1 is 1.42 bits per heavy atom. The van der Waals surface area contributed by atoms with Crippen LogP contribution in [0.25, 0.3) is 0 Å². The highest BCUT2D eigenvalue weighted by molar-refractivity contribution is 9.10. The summed E-state index contributed by atoms with van der Waals surface area (Å²) in [5.41, 5.74) is 2.38. The van der Waals surface area contributed by atoms with E-state index in [1.165, 1.54) is 11.3 Å². The second-order valence-corrected chi connectivity index (χ2v) is 6.17. The fourth-order valence-electron chi connectivity index (χ4n) is 2.98. The number of fused-ring (bicyclic) bond motifs is 1. The third kappa shape index (κ3) is 2.49. The number of amides is 1. The second-order valence-electron chi connectivity index (χ2n) is 5.26. The van der Waals surface area contributed by atoms with Crippen LogP contribution in [0.1, 0.15) is 5.56 Å². The molecule has 0 aromatic heterocycles. The molecule has 1 amide bonds. The largest absolute Gasteiger partial charge is 0.360 e. The molecule has 1 atom stereocenters. The summed E-state index contributed by atoms with van der Waals surface area (Å²) < 4.78 is 1.08. The predicted molar refractivity (Wildman–Crippen MR) is 79.5 cm³/mol. The number of benzene rings is 1. The molecule has 0 spiro atoms. The van der Waals surface area contributed by atoms with Crippen molar-refractivity contribution in [2.24, 2.45) is 0 Å². The second kappa shape index (κ2) is 5.13. The number of anilines is 1. The van der Waals surface area contributed by atoms with Gasteiger partial charge in [-0.15, -0.1) is 0 Å². The first-order valence-electron chi connectivity index (χ1n) is 6.66. The number of rotatable bonds is 1. The van der Waals surface area contributed by atoms with Crippen LogP contribution in [-0.2, 0) is 4.79 Å². The Balaban J connectivity index is 1.84. The molecule has 1 aromatic carbocycles. The zero-order valence-corrected chi connectivity index (χ0v) is 12.6. The number of nitrogens with zero attached hydrogens (tertiary/aromatic N) is 2. The molecule has 0 saturated carbocycles.